The van der Waals surface area contributed by atoms with Gasteiger partial charge in [-0.3, -0.25) is 4.79 Å². The molecule has 1 aromatic rings. The fourth-order valence-corrected chi connectivity index (χ4v) is 2.69. The highest BCUT2D eigenvalue weighted by molar-refractivity contribution is 9.10. The van der Waals surface area contributed by atoms with E-state index in [1.165, 1.54) is 0 Å². The van der Waals surface area contributed by atoms with Crippen molar-refractivity contribution < 1.29 is 9.90 Å². The van der Waals surface area contributed by atoms with Gasteiger partial charge >= 0.3 is 0 Å². The molecule has 0 bridgehead atoms. The molecule has 1 amide bonds. The number of carbonyl (C=O) groups excluding carboxylic acids is 1. The minimum atomic E-state index is -0.0352. The molecular formula is C14H20BrClN2O2. The molecule has 20 heavy (non-hydrogen) atoms. The summed E-state index contributed by atoms with van der Waals surface area (Å²) in [6, 6.07) is 5.00. The Morgan fingerprint density at radius 1 is 1.40 bits per heavy atom. The molecule has 0 aliphatic carbocycles. The van der Waals surface area contributed by atoms with E-state index in [4.69, 9.17) is 0 Å². The molecule has 1 aliphatic rings. The molecule has 4 nitrogen and oxygen atoms in total. The van der Waals surface area contributed by atoms with Gasteiger partial charge in [0.1, 0.15) is 5.75 Å². The average molecular weight is 364 g/mol. The van der Waals surface area contributed by atoms with Crippen LogP contribution < -0.4 is 10.6 Å². The first-order valence-electron chi connectivity index (χ1n) is 6.64. The first-order valence-corrected chi connectivity index (χ1v) is 7.43. The zero-order valence-electron chi connectivity index (χ0n) is 11.2. The Labute approximate surface area is 133 Å². The third-order valence-corrected chi connectivity index (χ3v) is 3.96. The monoisotopic (exact) mass is 362 g/mol. The molecule has 3 N–H and O–H groups in total. The van der Waals surface area contributed by atoms with Gasteiger partial charge < -0.3 is 15.7 Å². The number of phenols is 1. The largest absolute Gasteiger partial charge is 0.506 e. The summed E-state index contributed by atoms with van der Waals surface area (Å²) in [5.74, 6) is 0.702. The molecule has 0 aromatic heterocycles. The summed E-state index contributed by atoms with van der Waals surface area (Å²) in [6.07, 6.45) is 3.73. The van der Waals surface area contributed by atoms with Crippen molar-refractivity contribution in [2.24, 2.45) is 5.92 Å². The smallest absolute Gasteiger partial charge is 0.224 e. The van der Waals surface area contributed by atoms with Gasteiger partial charge in [0.2, 0.25) is 5.91 Å². The maximum Gasteiger partial charge on any atom is 0.224 e. The first-order chi connectivity index (χ1) is 9.15. The third kappa shape index (κ3) is 5.31. The Hall–Kier alpha value is -0.780. The molecule has 1 fully saturated rings. The number of amides is 1. The molecular weight excluding hydrogens is 344 g/mol. The number of hydrogen-bond donors (Lipinski definition) is 3. The van der Waals surface area contributed by atoms with Crippen LogP contribution in [-0.2, 0) is 4.79 Å². The average Bonchev–Trinajstić information content (AvgIpc) is 2.42. The van der Waals surface area contributed by atoms with Crippen LogP contribution in [0.3, 0.4) is 0 Å². The molecule has 1 aliphatic heterocycles. The zero-order chi connectivity index (χ0) is 13.7. The minimum absolute atomic E-state index is 0. The number of aromatic hydroxyl groups is 1. The number of phenolic OH excluding ortho intramolecular Hbond substituents is 1. The van der Waals surface area contributed by atoms with Gasteiger partial charge in [-0.1, -0.05) is 15.9 Å². The highest BCUT2D eigenvalue weighted by Crippen LogP contribution is 2.27. The van der Waals surface area contributed by atoms with Gasteiger partial charge in [-0.25, -0.2) is 0 Å². The van der Waals surface area contributed by atoms with Crippen molar-refractivity contribution in [3.05, 3.63) is 22.7 Å². The van der Waals surface area contributed by atoms with Gasteiger partial charge in [-0.05, 0) is 56.5 Å². The normalized spacial score (nSPS) is 15.4. The standard InChI is InChI=1S/C14H19BrN2O2.ClH/c15-11-2-3-13(18)12(9-11)17-14(19)4-1-10-5-7-16-8-6-10;/h2-3,9-10,16,18H,1,4-8H2,(H,17,19);1H. The maximum absolute atomic E-state index is 11.9. The summed E-state index contributed by atoms with van der Waals surface area (Å²) in [5, 5.41) is 15.7. The van der Waals surface area contributed by atoms with Crippen molar-refractivity contribution in [3.8, 4) is 5.75 Å². The van der Waals surface area contributed by atoms with Crippen molar-refractivity contribution >= 4 is 39.9 Å². The van der Waals surface area contributed by atoms with Crippen LogP contribution in [-0.4, -0.2) is 24.1 Å². The predicted octanol–water partition coefficient (Wildman–Crippen LogP) is 3.29. The summed E-state index contributed by atoms with van der Waals surface area (Å²) < 4.78 is 0.832. The van der Waals surface area contributed by atoms with Crippen LogP contribution >= 0.6 is 28.3 Å². The highest BCUT2D eigenvalue weighted by atomic mass is 79.9. The van der Waals surface area contributed by atoms with E-state index in [0.29, 0.717) is 18.0 Å². The topological polar surface area (TPSA) is 61.4 Å². The lowest BCUT2D eigenvalue weighted by atomic mass is 9.93. The lowest BCUT2D eigenvalue weighted by Crippen LogP contribution is -2.28. The fourth-order valence-electron chi connectivity index (χ4n) is 2.33. The van der Waals surface area contributed by atoms with E-state index in [1.54, 1.807) is 18.2 Å². The molecule has 112 valence electrons. The summed E-state index contributed by atoms with van der Waals surface area (Å²) in [6.45, 7) is 2.11. The van der Waals surface area contributed by atoms with Crippen LogP contribution in [0.1, 0.15) is 25.7 Å². The molecule has 1 aromatic carbocycles. The summed E-state index contributed by atoms with van der Waals surface area (Å²) in [4.78, 5) is 11.9. The second-order valence-electron chi connectivity index (χ2n) is 4.94. The number of nitrogens with one attached hydrogen (secondary N) is 2. The Balaban J connectivity index is 0.00000200. The second kappa shape index (κ2) is 8.49. The molecule has 0 atom stereocenters. The number of halogens is 2. The first kappa shape index (κ1) is 17.3. The highest BCUT2D eigenvalue weighted by Gasteiger charge is 2.15. The van der Waals surface area contributed by atoms with Gasteiger partial charge in [-0.15, -0.1) is 12.4 Å². The molecule has 6 heteroatoms. The quantitative estimate of drug-likeness (QED) is 0.719. The molecule has 2 rings (SSSR count). The molecule has 0 spiro atoms. The third-order valence-electron chi connectivity index (χ3n) is 3.47. The van der Waals surface area contributed by atoms with Gasteiger partial charge in [-0.2, -0.15) is 0 Å². The zero-order valence-corrected chi connectivity index (χ0v) is 13.6. The van der Waals surface area contributed by atoms with Gasteiger partial charge in [0.05, 0.1) is 5.69 Å². The van der Waals surface area contributed by atoms with Crippen LogP contribution in [0.2, 0.25) is 0 Å². The van der Waals surface area contributed by atoms with Crippen LogP contribution in [0.25, 0.3) is 0 Å². The van der Waals surface area contributed by atoms with E-state index in [9.17, 15) is 9.90 Å². The summed E-state index contributed by atoms with van der Waals surface area (Å²) in [5.41, 5.74) is 0.463. The Morgan fingerprint density at radius 2 is 2.10 bits per heavy atom. The van der Waals surface area contributed by atoms with Crippen molar-refractivity contribution in [1.82, 2.24) is 5.32 Å². The van der Waals surface area contributed by atoms with Crippen LogP contribution in [0.15, 0.2) is 22.7 Å². The van der Waals surface area contributed by atoms with Gasteiger partial charge in [0.25, 0.3) is 0 Å². The molecule has 0 saturated carbocycles. The lowest BCUT2D eigenvalue weighted by molar-refractivity contribution is -0.116. The van der Waals surface area contributed by atoms with Gasteiger partial charge in [0, 0.05) is 10.9 Å². The van der Waals surface area contributed by atoms with E-state index in [2.05, 4.69) is 26.6 Å². The second-order valence-corrected chi connectivity index (χ2v) is 5.86. The van der Waals surface area contributed by atoms with Crippen LogP contribution in [0, 0.1) is 5.92 Å². The van der Waals surface area contributed by atoms with Crippen LogP contribution in [0.5, 0.6) is 5.75 Å². The fraction of sp³-hybridized carbons (Fsp3) is 0.500. The van der Waals surface area contributed by atoms with E-state index < -0.39 is 0 Å². The maximum atomic E-state index is 11.9. The number of hydrogen-bond acceptors (Lipinski definition) is 3. The van der Waals surface area contributed by atoms with Crippen molar-refractivity contribution in [1.29, 1.82) is 0 Å². The van der Waals surface area contributed by atoms with Crippen molar-refractivity contribution in [2.75, 3.05) is 18.4 Å². The minimum Gasteiger partial charge on any atom is -0.506 e. The number of piperidine rings is 1. The predicted molar refractivity (Wildman–Crippen MR) is 86.5 cm³/mol. The summed E-state index contributed by atoms with van der Waals surface area (Å²) >= 11 is 3.32. The lowest BCUT2D eigenvalue weighted by Gasteiger charge is -2.22. The molecule has 1 saturated heterocycles. The Bertz CT molecular complexity index is 451. The number of anilines is 1. The van der Waals surface area contributed by atoms with E-state index in [0.717, 1.165) is 36.8 Å². The summed E-state index contributed by atoms with van der Waals surface area (Å²) in [7, 11) is 0. The molecule has 0 unspecified atom stereocenters. The van der Waals surface area contributed by atoms with Gasteiger partial charge in [0.15, 0.2) is 0 Å². The van der Waals surface area contributed by atoms with Crippen molar-refractivity contribution in [2.45, 2.75) is 25.7 Å². The number of benzene rings is 1. The molecule has 1 heterocycles. The Morgan fingerprint density at radius 3 is 2.80 bits per heavy atom. The van der Waals surface area contributed by atoms with E-state index in [-0.39, 0.29) is 24.1 Å². The van der Waals surface area contributed by atoms with Crippen molar-refractivity contribution in [3.63, 3.8) is 0 Å². The number of carbonyl (C=O) groups is 1. The number of rotatable bonds is 4. The van der Waals surface area contributed by atoms with Crippen LogP contribution in [0.4, 0.5) is 5.69 Å². The van der Waals surface area contributed by atoms with E-state index in [1.807, 2.05) is 0 Å². The SMILES string of the molecule is Cl.O=C(CCC1CCNCC1)Nc1cc(Br)ccc1O. The Kier molecular flexibility index (Phi) is 7.34. The van der Waals surface area contributed by atoms with E-state index >= 15 is 0 Å². The molecule has 0 radical (unpaired) electrons.